The summed E-state index contributed by atoms with van der Waals surface area (Å²) in [6.45, 7) is 0. The Morgan fingerprint density at radius 3 is 2.88 bits per heavy atom. The molecule has 0 bridgehead atoms. The molecule has 2 nitrogen and oxygen atoms in total. The van der Waals surface area contributed by atoms with Crippen LogP contribution in [0.5, 0.6) is 0 Å². The van der Waals surface area contributed by atoms with Gasteiger partial charge in [0.25, 0.3) is 0 Å². The molecule has 1 fully saturated rings. The van der Waals surface area contributed by atoms with Crippen LogP contribution < -0.4 is 0 Å². The van der Waals surface area contributed by atoms with E-state index < -0.39 is 0 Å². The largest absolute Gasteiger partial charge is 0.153 e. The molecule has 0 aliphatic carbocycles. The van der Waals surface area contributed by atoms with Crippen LogP contribution >= 0.6 is 23.7 Å². The topological polar surface area (TPSA) is 29.4 Å². The summed E-state index contributed by atoms with van der Waals surface area (Å²) in [5.41, 5.74) is 1.33. The van der Waals surface area contributed by atoms with Crippen LogP contribution in [-0.2, 0) is 0 Å². The number of rotatable bonds is 2. The first kappa shape index (κ1) is 6.16. The average Bonchev–Trinajstić information content (AvgIpc) is 1.63. The van der Waals surface area contributed by atoms with Crippen molar-refractivity contribution in [2.75, 3.05) is 11.5 Å². The lowest BCUT2D eigenvalue weighted by Crippen LogP contribution is -2.02. The second-order valence-corrected chi connectivity index (χ2v) is 3.03. The number of hydrogen-bond donors (Lipinski definition) is 0. The van der Waals surface area contributed by atoms with Crippen molar-refractivity contribution in [3.8, 4) is 0 Å². The van der Waals surface area contributed by atoms with Gasteiger partial charge in [0.15, 0.2) is 0 Å². The summed E-state index contributed by atoms with van der Waals surface area (Å²) in [5, 5.41) is 1.82. The van der Waals surface area contributed by atoms with Crippen LogP contribution in [0.1, 0.15) is 0 Å². The van der Waals surface area contributed by atoms with E-state index in [-0.39, 0.29) is 0 Å². The maximum Gasteiger partial charge on any atom is 0.0490 e. The Balaban J connectivity index is 2.20. The molecule has 0 aromatic heterocycles. The fourth-order valence-electron chi connectivity index (χ4n) is 0.384. The SMILES string of the molecule is O=NSC=C1CSC1. The maximum absolute atomic E-state index is 9.51. The van der Waals surface area contributed by atoms with E-state index in [0.717, 1.165) is 23.5 Å². The summed E-state index contributed by atoms with van der Waals surface area (Å²) in [7, 11) is 0. The van der Waals surface area contributed by atoms with Crippen LogP contribution in [0.2, 0.25) is 0 Å². The molecule has 1 saturated heterocycles. The fourth-order valence-corrected chi connectivity index (χ4v) is 1.56. The van der Waals surface area contributed by atoms with Gasteiger partial charge in [-0.1, -0.05) is 0 Å². The molecule has 1 aliphatic rings. The Bertz CT molecular complexity index is 117. The van der Waals surface area contributed by atoms with Crippen LogP contribution in [-0.4, -0.2) is 11.5 Å². The van der Waals surface area contributed by atoms with Crippen molar-refractivity contribution >= 4 is 23.7 Å². The van der Waals surface area contributed by atoms with Gasteiger partial charge in [-0.3, -0.25) is 0 Å². The molecule has 8 heavy (non-hydrogen) atoms. The van der Waals surface area contributed by atoms with Crippen molar-refractivity contribution in [3.63, 3.8) is 0 Å². The highest BCUT2D eigenvalue weighted by molar-refractivity contribution is 8.02. The monoisotopic (exact) mass is 147 g/mol. The Morgan fingerprint density at radius 2 is 2.50 bits per heavy atom. The first-order valence-electron chi connectivity index (χ1n) is 2.17. The van der Waals surface area contributed by atoms with E-state index in [1.165, 1.54) is 5.57 Å². The Kier molecular flexibility index (Phi) is 2.42. The molecule has 0 amide bonds. The molecule has 1 aliphatic heterocycles. The van der Waals surface area contributed by atoms with Gasteiger partial charge in [-0.15, -0.1) is 4.91 Å². The molecule has 44 valence electrons. The summed E-state index contributed by atoms with van der Waals surface area (Å²) >= 11 is 2.86. The van der Waals surface area contributed by atoms with Crippen molar-refractivity contribution in [2.45, 2.75) is 0 Å². The third-order valence-electron chi connectivity index (χ3n) is 0.837. The van der Waals surface area contributed by atoms with Crippen molar-refractivity contribution < 1.29 is 0 Å². The normalized spacial score (nSPS) is 17.2. The third kappa shape index (κ3) is 1.52. The first-order valence-corrected chi connectivity index (χ1v) is 4.17. The number of nitroso groups, excluding NO2 is 1. The molecule has 0 radical (unpaired) electrons. The summed E-state index contributed by atoms with van der Waals surface area (Å²) in [6, 6.07) is 0. The highest BCUT2D eigenvalue weighted by Gasteiger charge is 2.07. The average molecular weight is 147 g/mol. The molecule has 0 saturated carbocycles. The predicted octanol–water partition coefficient (Wildman–Crippen LogP) is 2.03. The van der Waals surface area contributed by atoms with E-state index in [0.29, 0.717) is 0 Å². The Morgan fingerprint density at radius 1 is 1.75 bits per heavy atom. The molecule has 0 atom stereocenters. The first-order chi connectivity index (χ1) is 3.93. The molecule has 1 heterocycles. The van der Waals surface area contributed by atoms with E-state index >= 15 is 0 Å². The van der Waals surface area contributed by atoms with Gasteiger partial charge in [0.1, 0.15) is 0 Å². The van der Waals surface area contributed by atoms with Gasteiger partial charge in [-0.25, -0.2) is 0 Å². The van der Waals surface area contributed by atoms with E-state index in [1.807, 2.05) is 17.2 Å². The summed E-state index contributed by atoms with van der Waals surface area (Å²) in [4.78, 5) is 9.51. The predicted molar refractivity (Wildman–Crippen MR) is 38.8 cm³/mol. The van der Waals surface area contributed by atoms with Crippen LogP contribution in [0.4, 0.5) is 0 Å². The fraction of sp³-hybridized carbons (Fsp3) is 0.500. The van der Waals surface area contributed by atoms with Crippen LogP contribution in [0.15, 0.2) is 15.6 Å². The molecule has 0 spiro atoms. The zero-order valence-electron chi connectivity index (χ0n) is 4.16. The quantitative estimate of drug-likeness (QED) is 0.442. The standard InChI is InChI=1S/C4H5NOS2/c6-5-8-3-4-1-7-2-4/h3H,1-2H2. The third-order valence-corrected chi connectivity index (χ3v) is 2.51. The zero-order chi connectivity index (χ0) is 5.82. The van der Waals surface area contributed by atoms with Crippen molar-refractivity contribution in [1.29, 1.82) is 0 Å². The van der Waals surface area contributed by atoms with E-state index in [2.05, 4.69) is 4.58 Å². The van der Waals surface area contributed by atoms with Crippen molar-refractivity contribution in [2.24, 2.45) is 4.58 Å². The molecule has 0 unspecified atom stereocenters. The molecule has 4 heteroatoms. The minimum absolute atomic E-state index is 0.986. The number of thioether (sulfide) groups is 1. The van der Waals surface area contributed by atoms with Gasteiger partial charge in [-0.05, 0) is 11.0 Å². The van der Waals surface area contributed by atoms with Crippen LogP contribution in [0.3, 0.4) is 0 Å². The smallest absolute Gasteiger partial charge is 0.0490 e. The number of hydrogen-bond acceptors (Lipinski definition) is 4. The summed E-state index contributed by atoms with van der Waals surface area (Å²) < 4.78 is 2.64. The molecular formula is C4H5NOS2. The Hall–Kier alpha value is 0.0400. The number of nitrogens with zero attached hydrogens (tertiary/aromatic N) is 1. The zero-order valence-corrected chi connectivity index (χ0v) is 5.80. The molecule has 1 rings (SSSR count). The van der Waals surface area contributed by atoms with Gasteiger partial charge in [0.05, 0.1) is 0 Å². The highest BCUT2D eigenvalue weighted by atomic mass is 32.2. The van der Waals surface area contributed by atoms with E-state index in [4.69, 9.17) is 0 Å². The molecule has 0 aromatic rings. The van der Waals surface area contributed by atoms with E-state index in [1.54, 1.807) is 0 Å². The lowest BCUT2D eigenvalue weighted by molar-refractivity contribution is 1.37. The maximum atomic E-state index is 9.51. The second kappa shape index (κ2) is 3.14. The molecular weight excluding hydrogens is 142 g/mol. The Labute approximate surface area is 56.2 Å². The van der Waals surface area contributed by atoms with Crippen LogP contribution in [0, 0.1) is 4.91 Å². The minimum Gasteiger partial charge on any atom is -0.153 e. The highest BCUT2D eigenvalue weighted by Crippen LogP contribution is 2.25. The van der Waals surface area contributed by atoms with Gasteiger partial charge < -0.3 is 0 Å². The van der Waals surface area contributed by atoms with Crippen molar-refractivity contribution in [1.82, 2.24) is 0 Å². The van der Waals surface area contributed by atoms with Gasteiger partial charge in [0, 0.05) is 28.0 Å². The van der Waals surface area contributed by atoms with E-state index in [9.17, 15) is 4.91 Å². The summed E-state index contributed by atoms with van der Waals surface area (Å²) in [6.07, 6.45) is 0. The van der Waals surface area contributed by atoms with Gasteiger partial charge >= 0.3 is 0 Å². The minimum atomic E-state index is 0.986. The lowest BCUT2D eigenvalue weighted by atomic mass is 10.4. The van der Waals surface area contributed by atoms with Gasteiger partial charge in [0.2, 0.25) is 0 Å². The molecule has 0 aromatic carbocycles. The van der Waals surface area contributed by atoms with Crippen molar-refractivity contribution in [3.05, 3.63) is 15.9 Å². The lowest BCUT2D eigenvalue weighted by Gasteiger charge is -2.13. The molecule has 0 N–H and O–H groups in total. The summed E-state index contributed by atoms with van der Waals surface area (Å²) in [5.74, 6) is 2.17. The van der Waals surface area contributed by atoms with Crippen LogP contribution in [0.25, 0.3) is 0 Å². The van der Waals surface area contributed by atoms with Gasteiger partial charge in [-0.2, -0.15) is 11.8 Å². The second-order valence-electron chi connectivity index (χ2n) is 1.45.